The van der Waals surface area contributed by atoms with E-state index >= 15 is 0 Å². The van der Waals surface area contributed by atoms with E-state index in [-0.39, 0.29) is 11.0 Å². The van der Waals surface area contributed by atoms with Crippen LogP contribution >= 0.6 is 0 Å². The van der Waals surface area contributed by atoms with Crippen molar-refractivity contribution >= 4 is 44.0 Å². The maximum absolute atomic E-state index is 13.1. The Hall–Kier alpha value is -3.67. The summed E-state index contributed by atoms with van der Waals surface area (Å²) in [5.41, 5.74) is 4.51. The molecule has 1 unspecified atom stereocenters. The first kappa shape index (κ1) is 31.7. The summed E-state index contributed by atoms with van der Waals surface area (Å²) in [5.74, 6) is 2.18. The molecule has 1 aliphatic rings. The molecule has 10 nitrogen and oxygen atoms in total. The van der Waals surface area contributed by atoms with Gasteiger partial charge in [0, 0.05) is 26.4 Å². The number of anilines is 4. The van der Waals surface area contributed by atoms with Gasteiger partial charge in [-0.1, -0.05) is 17.1 Å². The summed E-state index contributed by atoms with van der Waals surface area (Å²) in [6.07, 6.45) is 4.09. The van der Waals surface area contributed by atoms with Crippen LogP contribution < -0.4 is 20.4 Å². The second kappa shape index (κ2) is 13.5. The normalized spacial score (nSPS) is 16.1. The van der Waals surface area contributed by atoms with Crippen LogP contribution in [0.3, 0.4) is 0 Å². The topological polar surface area (TPSA) is 123 Å². The maximum Gasteiger partial charge on any atom is 0.351 e. The summed E-state index contributed by atoms with van der Waals surface area (Å²) in [6, 6.07) is 13.2. The summed E-state index contributed by atoms with van der Waals surface area (Å²) < 4.78 is 37.9. The number of fused-ring (bicyclic) bond motifs is 1. The first-order valence-corrected chi connectivity index (χ1v) is 16.9. The van der Waals surface area contributed by atoms with Crippen molar-refractivity contribution in [2.24, 2.45) is 0 Å². The quantitative estimate of drug-likeness (QED) is 0.177. The van der Waals surface area contributed by atoms with Gasteiger partial charge in [0.2, 0.25) is 11.5 Å². The first-order chi connectivity index (χ1) is 21.1. The smallest absolute Gasteiger partial charge is 0.351 e. The zero-order chi connectivity index (χ0) is 31.4. The van der Waals surface area contributed by atoms with Crippen molar-refractivity contribution in [3.63, 3.8) is 0 Å². The standard InChI is InChI=1S/C33H44N6O4S/c1-21(2)43-29-19-26(24-10-9-15-39(20-24)16-17-42-6)23(5)18-28(29)36-33-37-31-25(13-14-34-31)32(38-33)35-27-11-7-8-12-30(27)44(40,41)22(3)4/h7-8,11-14,18-19,21-22,24H,9-10,15-17,20H2,1-6H3,(H3,34,35,36,37,38)/p+1. The lowest BCUT2D eigenvalue weighted by atomic mass is 9.87. The van der Waals surface area contributed by atoms with Crippen LogP contribution in [0.2, 0.25) is 0 Å². The molecule has 1 aliphatic heterocycles. The number of nitrogens with one attached hydrogen (secondary N) is 4. The number of benzene rings is 2. The first-order valence-electron chi connectivity index (χ1n) is 15.4. The van der Waals surface area contributed by atoms with Crippen LogP contribution in [-0.4, -0.2) is 68.0 Å². The number of hydrogen-bond acceptors (Lipinski definition) is 8. The van der Waals surface area contributed by atoms with E-state index in [9.17, 15) is 8.42 Å². The minimum Gasteiger partial charge on any atom is -0.488 e. The van der Waals surface area contributed by atoms with Crippen molar-refractivity contribution < 1.29 is 22.9 Å². The fraction of sp³-hybridized carbons (Fsp3) is 0.455. The van der Waals surface area contributed by atoms with Gasteiger partial charge in [-0.05, 0) is 101 Å². The highest BCUT2D eigenvalue weighted by Gasteiger charge is 2.26. The third kappa shape index (κ3) is 7.00. The molecular formula is C33H45N6O4S+. The minimum atomic E-state index is -3.52. The van der Waals surface area contributed by atoms with Crippen LogP contribution in [0.4, 0.5) is 23.1 Å². The molecule has 236 valence electrons. The van der Waals surface area contributed by atoms with E-state index in [1.165, 1.54) is 11.1 Å². The van der Waals surface area contributed by atoms with Gasteiger partial charge < -0.3 is 19.7 Å². The SMILES string of the molecule is COCCN1CCCC(c2cc(OC(C)C)c(Nc3nc(Nc4ccccc4S(=O)(=O)C(C)C)c4cc[nH]c4[nH+]3)cc2C)C1. The van der Waals surface area contributed by atoms with E-state index in [0.29, 0.717) is 23.4 Å². The number of aryl methyl sites for hydroxylation is 1. The molecule has 11 heteroatoms. The monoisotopic (exact) mass is 621 g/mol. The Kier molecular flexibility index (Phi) is 9.77. The molecule has 0 amide bonds. The van der Waals surface area contributed by atoms with E-state index in [4.69, 9.17) is 14.5 Å². The second-order valence-electron chi connectivity index (χ2n) is 12.0. The minimum absolute atomic E-state index is 0.0184. The number of para-hydroxylation sites is 1. The lowest BCUT2D eigenvalue weighted by Gasteiger charge is -2.33. The van der Waals surface area contributed by atoms with Gasteiger partial charge >= 0.3 is 5.95 Å². The number of H-pyrrole nitrogens is 2. The van der Waals surface area contributed by atoms with Crippen molar-refractivity contribution in [1.29, 1.82) is 0 Å². The van der Waals surface area contributed by atoms with E-state index in [0.717, 1.165) is 61.6 Å². The largest absolute Gasteiger partial charge is 0.488 e. The molecule has 2 aromatic carbocycles. The van der Waals surface area contributed by atoms with Gasteiger partial charge in [-0.15, -0.1) is 0 Å². The van der Waals surface area contributed by atoms with Gasteiger partial charge in [0.25, 0.3) is 0 Å². The molecule has 1 atom stereocenters. The predicted molar refractivity (Wildman–Crippen MR) is 175 cm³/mol. The summed E-state index contributed by atoms with van der Waals surface area (Å²) in [5, 5.41) is 7.01. The molecule has 0 saturated carbocycles. The highest BCUT2D eigenvalue weighted by atomic mass is 32.2. The Labute approximate surface area is 260 Å². The summed E-state index contributed by atoms with van der Waals surface area (Å²) in [7, 11) is -1.77. The molecule has 0 radical (unpaired) electrons. The van der Waals surface area contributed by atoms with Crippen molar-refractivity contribution in [3.05, 3.63) is 59.8 Å². The Balaban J connectivity index is 1.49. The van der Waals surface area contributed by atoms with Crippen LogP contribution in [-0.2, 0) is 14.6 Å². The van der Waals surface area contributed by atoms with Crippen molar-refractivity contribution in [2.45, 2.75) is 69.6 Å². The van der Waals surface area contributed by atoms with Crippen LogP contribution in [0.5, 0.6) is 5.75 Å². The van der Waals surface area contributed by atoms with Crippen molar-refractivity contribution in [3.8, 4) is 5.75 Å². The van der Waals surface area contributed by atoms with Crippen molar-refractivity contribution in [2.75, 3.05) is 44.0 Å². The van der Waals surface area contributed by atoms with E-state index in [1.807, 2.05) is 32.2 Å². The number of piperidine rings is 1. The van der Waals surface area contributed by atoms with Crippen LogP contribution in [0.25, 0.3) is 11.0 Å². The number of ether oxygens (including phenoxy) is 2. The molecule has 4 N–H and O–H groups in total. The molecule has 1 fully saturated rings. The fourth-order valence-electron chi connectivity index (χ4n) is 5.80. The van der Waals surface area contributed by atoms with Gasteiger partial charge in [0.1, 0.15) is 5.69 Å². The fourth-order valence-corrected chi connectivity index (χ4v) is 7.00. The maximum atomic E-state index is 13.1. The number of likely N-dealkylation sites (tertiary alicyclic amines) is 1. The highest BCUT2D eigenvalue weighted by Crippen LogP contribution is 2.38. The number of aromatic amines is 2. The molecule has 0 spiro atoms. The van der Waals surface area contributed by atoms with Gasteiger partial charge in [0.05, 0.1) is 33.9 Å². The number of nitrogens with zero attached hydrogens (tertiary/aromatic N) is 2. The summed E-state index contributed by atoms with van der Waals surface area (Å²) in [4.78, 5) is 14.2. The van der Waals surface area contributed by atoms with Crippen LogP contribution in [0.15, 0.2) is 53.6 Å². The number of methoxy groups -OCH3 is 1. The van der Waals surface area contributed by atoms with Crippen LogP contribution in [0.1, 0.15) is 57.6 Å². The summed E-state index contributed by atoms with van der Waals surface area (Å²) >= 11 is 0. The number of hydrogen-bond donors (Lipinski definition) is 3. The second-order valence-corrected chi connectivity index (χ2v) is 14.5. The number of aromatic nitrogens is 3. The predicted octanol–water partition coefficient (Wildman–Crippen LogP) is 5.97. The third-order valence-corrected chi connectivity index (χ3v) is 10.3. The highest BCUT2D eigenvalue weighted by molar-refractivity contribution is 7.92. The Morgan fingerprint density at radius 2 is 1.91 bits per heavy atom. The average molecular weight is 622 g/mol. The van der Waals surface area contributed by atoms with E-state index in [2.05, 4.69) is 44.6 Å². The molecule has 2 aromatic heterocycles. The molecule has 5 rings (SSSR count). The molecule has 1 saturated heterocycles. The molecule has 0 aliphatic carbocycles. The lowest BCUT2D eigenvalue weighted by Crippen LogP contribution is -2.36. The van der Waals surface area contributed by atoms with Gasteiger partial charge in [0.15, 0.2) is 15.6 Å². The number of rotatable bonds is 12. The Morgan fingerprint density at radius 3 is 2.66 bits per heavy atom. The molecular weight excluding hydrogens is 576 g/mol. The average Bonchev–Trinajstić information content (AvgIpc) is 3.46. The molecule has 3 heterocycles. The molecule has 4 aromatic rings. The van der Waals surface area contributed by atoms with Crippen molar-refractivity contribution in [1.82, 2.24) is 14.9 Å². The Bertz CT molecular complexity index is 1700. The van der Waals surface area contributed by atoms with Crippen LogP contribution in [0, 0.1) is 6.92 Å². The lowest BCUT2D eigenvalue weighted by molar-refractivity contribution is -0.333. The summed E-state index contributed by atoms with van der Waals surface area (Å²) in [6.45, 7) is 13.3. The third-order valence-electron chi connectivity index (χ3n) is 8.08. The zero-order valence-corrected chi connectivity index (χ0v) is 27.3. The van der Waals surface area contributed by atoms with Gasteiger partial charge in [-0.3, -0.25) is 10.3 Å². The number of sulfone groups is 1. The molecule has 0 bridgehead atoms. The zero-order valence-electron chi connectivity index (χ0n) is 26.5. The van der Waals surface area contributed by atoms with Gasteiger partial charge in [-0.2, -0.15) is 0 Å². The van der Waals surface area contributed by atoms with Gasteiger partial charge in [-0.25, -0.2) is 13.4 Å². The molecule has 44 heavy (non-hydrogen) atoms. The van der Waals surface area contributed by atoms with E-state index in [1.54, 1.807) is 39.2 Å². The Morgan fingerprint density at radius 1 is 1.11 bits per heavy atom. The van der Waals surface area contributed by atoms with E-state index < -0.39 is 15.1 Å².